The Morgan fingerprint density at radius 3 is 2.20 bits per heavy atom. The summed E-state index contributed by atoms with van der Waals surface area (Å²) in [5.41, 5.74) is -0.473. The van der Waals surface area contributed by atoms with E-state index >= 15 is 0 Å². The Morgan fingerprint density at radius 1 is 0.975 bits per heavy atom. The molecule has 9 heteroatoms. The van der Waals surface area contributed by atoms with Crippen LogP contribution in [0, 0.1) is 34.4 Å². The van der Waals surface area contributed by atoms with Crippen LogP contribution in [0.2, 0.25) is 0 Å². The Bertz CT molecular complexity index is 1130. The number of amides is 2. The standard InChI is InChI=1S/C31H43FN2O6/c1-30(11-4-12-30)17-33-28(36)25-18-5-7-19(8-6-18)26(25)34-27(35)21-15-24(22(32)16-23(21)39-3)40-20-9-13-31(2,14-10-20)29(37)38/h15-16,18-20,25-26H,4-14,17H2,1-3H3,(H,33,36)(H,34,35)(H,37,38)/t18?,19?,20-,25-,26+,31+/m1/s1. The summed E-state index contributed by atoms with van der Waals surface area (Å²) in [6.45, 7) is 4.60. The summed E-state index contributed by atoms with van der Waals surface area (Å²) >= 11 is 0. The minimum absolute atomic E-state index is 0.0218. The van der Waals surface area contributed by atoms with E-state index < -0.39 is 23.1 Å². The first-order chi connectivity index (χ1) is 19.0. The van der Waals surface area contributed by atoms with Gasteiger partial charge < -0.3 is 25.2 Å². The summed E-state index contributed by atoms with van der Waals surface area (Å²) in [4.78, 5) is 38.7. The smallest absolute Gasteiger partial charge is 0.309 e. The van der Waals surface area contributed by atoms with E-state index in [1.807, 2.05) is 0 Å². The van der Waals surface area contributed by atoms with E-state index in [1.54, 1.807) is 6.92 Å². The number of carboxylic acids is 1. The summed E-state index contributed by atoms with van der Waals surface area (Å²) in [5, 5.41) is 15.8. The van der Waals surface area contributed by atoms with Crippen LogP contribution in [0.25, 0.3) is 0 Å². The molecule has 40 heavy (non-hydrogen) atoms. The molecule has 5 fully saturated rings. The van der Waals surface area contributed by atoms with Crippen molar-refractivity contribution in [3.05, 3.63) is 23.5 Å². The number of halogens is 1. The summed E-state index contributed by atoms with van der Waals surface area (Å²) in [6, 6.07) is 2.24. The lowest BCUT2D eigenvalue weighted by Gasteiger charge is -2.48. The molecule has 0 aromatic heterocycles. The van der Waals surface area contributed by atoms with E-state index in [-0.39, 0.29) is 58.3 Å². The molecular formula is C31H43FN2O6. The molecule has 8 nitrogen and oxygen atoms in total. The average molecular weight is 559 g/mol. The average Bonchev–Trinajstić information content (AvgIpc) is 2.93. The predicted octanol–water partition coefficient (Wildman–Crippen LogP) is 5.09. The second-order valence-corrected chi connectivity index (χ2v) is 13.2. The molecule has 3 N–H and O–H groups in total. The summed E-state index contributed by atoms with van der Waals surface area (Å²) in [7, 11) is 1.39. The van der Waals surface area contributed by atoms with E-state index in [2.05, 4.69) is 17.6 Å². The molecule has 5 aliphatic carbocycles. The van der Waals surface area contributed by atoms with Crippen molar-refractivity contribution in [3.8, 4) is 11.5 Å². The quantitative estimate of drug-likeness (QED) is 0.389. The third kappa shape index (κ3) is 5.66. The second kappa shape index (κ2) is 11.2. The van der Waals surface area contributed by atoms with Crippen LogP contribution in [0.1, 0.15) is 94.8 Å². The highest BCUT2D eigenvalue weighted by Gasteiger charge is 2.48. The van der Waals surface area contributed by atoms with Gasteiger partial charge in [0, 0.05) is 18.7 Å². The molecule has 2 atom stereocenters. The lowest BCUT2D eigenvalue weighted by molar-refractivity contribution is -0.150. The zero-order valence-corrected chi connectivity index (χ0v) is 23.9. The van der Waals surface area contributed by atoms with E-state index in [9.17, 15) is 23.9 Å². The van der Waals surface area contributed by atoms with Crippen molar-refractivity contribution in [2.75, 3.05) is 13.7 Å². The number of carbonyl (C=O) groups excluding carboxylic acids is 2. The Balaban J connectivity index is 1.30. The van der Waals surface area contributed by atoms with Gasteiger partial charge in [-0.1, -0.05) is 13.3 Å². The van der Waals surface area contributed by atoms with Crippen molar-refractivity contribution in [3.63, 3.8) is 0 Å². The number of benzene rings is 1. The van der Waals surface area contributed by atoms with E-state index in [4.69, 9.17) is 9.47 Å². The summed E-state index contributed by atoms with van der Waals surface area (Å²) < 4.78 is 26.3. The van der Waals surface area contributed by atoms with Crippen molar-refractivity contribution in [2.24, 2.45) is 28.6 Å². The third-order valence-electron chi connectivity index (χ3n) is 10.4. The van der Waals surface area contributed by atoms with E-state index in [0.717, 1.165) is 44.6 Å². The van der Waals surface area contributed by atoms with Gasteiger partial charge in [0.1, 0.15) is 5.75 Å². The molecule has 0 heterocycles. The Morgan fingerprint density at radius 2 is 1.62 bits per heavy atom. The highest BCUT2D eigenvalue weighted by atomic mass is 19.1. The van der Waals surface area contributed by atoms with Crippen molar-refractivity contribution in [2.45, 2.75) is 96.6 Å². The van der Waals surface area contributed by atoms with Crippen molar-refractivity contribution >= 4 is 17.8 Å². The number of hydrogen-bond acceptors (Lipinski definition) is 5. The minimum atomic E-state index is -0.832. The van der Waals surface area contributed by atoms with Gasteiger partial charge in [0.25, 0.3) is 5.91 Å². The topological polar surface area (TPSA) is 114 Å². The predicted molar refractivity (Wildman–Crippen MR) is 147 cm³/mol. The first-order valence-corrected chi connectivity index (χ1v) is 14.9. The first-order valence-electron chi connectivity index (χ1n) is 14.9. The zero-order valence-electron chi connectivity index (χ0n) is 23.9. The fourth-order valence-electron chi connectivity index (χ4n) is 7.35. The molecule has 6 rings (SSSR count). The molecule has 5 saturated carbocycles. The Kier molecular flexibility index (Phi) is 8.03. The van der Waals surface area contributed by atoms with Gasteiger partial charge in [-0.3, -0.25) is 14.4 Å². The number of aliphatic carboxylic acids is 1. The number of nitrogens with one attached hydrogen (secondary N) is 2. The third-order valence-corrected chi connectivity index (χ3v) is 10.4. The number of carboxylic acid groups (broad SMARTS) is 1. The summed E-state index contributed by atoms with van der Waals surface area (Å²) in [5.74, 6) is -1.64. The van der Waals surface area contributed by atoms with Gasteiger partial charge in [-0.15, -0.1) is 0 Å². The molecule has 0 saturated heterocycles. The highest BCUT2D eigenvalue weighted by Crippen LogP contribution is 2.46. The number of fused-ring (bicyclic) bond motifs is 3. The molecular weight excluding hydrogens is 515 g/mol. The van der Waals surface area contributed by atoms with E-state index in [1.165, 1.54) is 19.6 Å². The van der Waals surface area contributed by atoms with Crippen LogP contribution in [0.5, 0.6) is 11.5 Å². The van der Waals surface area contributed by atoms with Crippen LogP contribution in [0.15, 0.2) is 12.1 Å². The fraction of sp³-hybridized carbons (Fsp3) is 0.710. The van der Waals surface area contributed by atoms with Crippen LogP contribution in [0.4, 0.5) is 4.39 Å². The maximum absolute atomic E-state index is 15.0. The largest absolute Gasteiger partial charge is 0.496 e. The van der Waals surface area contributed by atoms with Crippen molar-refractivity contribution in [1.29, 1.82) is 0 Å². The second-order valence-electron chi connectivity index (χ2n) is 13.2. The van der Waals surface area contributed by atoms with Crippen molar-refractivity contribution < 1.29 is 33.4 Å². The number of hydrogen-bond donors (Lipinski definition) is 3. The van der Waals surface area contributed by atoms with Crippen molar-refractivity contribution in [1.82, 2.24) is 10.6 Å². The summed E-state index contributed by atoms with van der Waals surface area (Å²) in [6.07, 6.45) is 8.88. The van der Waals surface area contributed by atoms with E-state index in [0.29, 0.717) is 32.2 Å². The molecule has 5 aliphatic rings. The van der Waals surface area contributed by atoms with Gasteiger partial charge in [-0.25, -0.2) is 4.39 Å². The van der Waals surface area contributed by atoms with Gasteiger partial charge in [0.2, 0.25) is 5.91 Å². The molecule has 1 aromatic carbocycles. The minimum Gasteiger partial charge on any atom is -0.496 e. The van der Waals surface area contributed by atoms with Gasteiger partial charge in [0.15, 0.2) is 11.6 Å². The SMILES string of the molecule is COc1cc(F)c(O[C@H]2CC[C@@](C)(C(=O)O)CC2)cc1C(=O)N[C@H]1C2CCC(CC2)[C@H]1C(=O)NCC1(C)CCC1. The maximum Gasteiger partial charge on any atom is 0.309 e. The molecule has 0 unspecified atom stereocenters. The maximum atomic E-state index is 15.0. The van der Waals surface area contributed by atoms with Crippen LogP contribution >= 0.6 is 0 Å². The molecule has 220 valence electrons. The van der Waals surface area contributed by atoms with Crippen LogP contribution < -0.4 is 20.1 Å². The van der Waals surface area contributed by atoms with Gasteiger partial charge in [-0.2, -0.15) is 0 Å². The van der Waals surface area contributed by atoms with Gasteiger partial charge >= 0.3 is 5.97 Å². The Labute approximate surface area is 235 Å². The van der Waals surface area contributed by atoms with Gasteiger partial charge in [0.05, 0.1) is 30.1 Å². The van der Waals surface area contributed by atoms with Crippen LogP contribution in [-0.4, -0.2) is 48.7 Å². The van der Waals surface area contributed by atoms with Gasteiger partial charge in [-0.05, 0) is 94.4 Å². The molecule has 0 spiro atoms. The molecule has 2 bridgehead atoms. The van der Waals surface area contributed by atoms with Crippen LogP contribution in [0.3, 0.4) is 0 Å². The molecule has 1 aromatic rings. The lowest BCUT2D eigenvalue weighted by Crippen LogP contribution is -2.58. The molecule has 0 radical (unpaired) electrons. The molecule has 2 amide bonds. The number of rotatable bonds is 9. The fourth-order valence-corrected chi connectivity index (χ4v) is 7.35. The monoisotopic (exact) mass is 558 g/mol. The Hall–Kier alpha value is -2.84. The number of ether oxygens (including phenoxy) is 2. The first kappa shape index (κ1) is 28.7. The normalized spacial score (nSPS) is 32.5. The molecule has 0 aliphatic heterocycles. The lowest BCUT2D eigenvalue weighted by atomic mass is 9.61. The number of methoxy groups -OCH3 is 1. The zero-order chi connectivity index (χ0) is 28.7. The number of carbonyl (C=O) groups is 3. The highest BCUT2D eigenvalue weighted by molar-refractivity contribution is 5.98. The van der Waals surface area contributed by atoms with Crippen LogP contribution in [-0.2, 0) is 9.59 Å².